The zero-order chi connectivity index (χ0) is 27.2. The number of carbonyl (C=O) groups excluding carboxylic acids is 1. The number of rotatable bonds is 8. The van der Waals surface area contributed by atoms with Gasteiger partial charge in [-0.2, -0.15) is 15.0 Å². The van der Waals surface area contributed by atoms with Crippen LogP contribution in [0.25, 0.3) is 10.8 Å². The summed E-state index contributed by atoms with van der Waals surface area (Å²) in [6.45, 7) is 0.336. The molecule has 5 rings (SSSR count). The van der Waals surface area contributed by atoms with E-state index < -0.39 is 6.03 Å². The van der Waals surface area contributed by atoms with Crippen molar-refractivity contribution in [2.45, 2.75) is 6.54 Å². The van der Waals surface area contributed by atoms with E-state index in [4.69, 9.17) is 32.7 Å². The summed E-state index contributed by atoms with van der Waals surface area (Å²) in [6.07, 6.45) is 0. The van der Waals surface area contributed by atoms with Gasteiger partial charge in [-0.1, -0.05) is 71.7 Å². The van der Waals surface area contributed by atoms with Gasteiger partial charge in [-0.15, -0.1) is 0 Å². The number of amides is 2. The number of para-hydroxylation sites is 2. The molecule has 0 radical (unpaired) electrons. The van der Waals surface area contributed by atoms with Gasteiger partial charge < -0.3 is 20.1 Å². The van der Waals surface area contributed by atoms with E-state index >= 15 is 0 Å². The molecule has 1 heterocycles. The van der Waals surface area contributed by atoms with Gasteiger partial charge in [0.1, 0.15) is 11.5 Å². The molecule has 5 aromatic rings. The first-order valence-corrected chi connectivity index (χ1v) is 12.5. The van der Waals surface area contributed by atoms with Crippen molar-refractivity contribution >= 4 is 57.6 Å². The number of hydrogen-bond acceptors (Lipinski definition) is 7. The number of fused-ring (bicyclic) bond motifs is 1. The Kier molecular flexibility index (Phi) is 7.91. The monoisotopic (exact) mass is 560 g/mol. The Morgan fingerprint density at radius 1 is 0.795 bits per heavy atom. The molecule has 11 heteroatoms. The molecular weight excluding hydrogens is 539 g/mol. The second-order valence-corrected chi connectivity index (χ2v) is 9.07. The SMILES string of the molecule is COc1ccccc1NC(=O)Nc1nc(NCc2ccc(Cl)c(Cl)c2)nc(Oc2ccc3ccccc3c2)n1. The van der Waals surface area contributed by atoms with Gasteiger partial charge in [-0.05, 0) is 52.7 Å². The molecule has 0 aliphatic carbocycles. The van der Waals surface area contributed by atoms with Gasteiger partial charge in [0.2, 0.25) is 11.9 Å². The van der Waals surface area contributed by atoms with Crippen molar-refractivity contribution in [1.82, 2.24) is 15.0 Å². The van der Waals surface area contributed by atoms with E-state index in [1.165, 1.54) is 7.11 Å². The molecule has 0 fully saturated rings. The molecule has 2 amide bonds. The Bertz CT molecular complexity index is 1650. The lowest BCUT2D eigenvalue weighted by molar-refractivity contribution is 0.262. The second kappa shape index (κ2) is 11.8. The van der Waals surface area contributed by atoms with E-state index in [2.05, 4.69) is 30.9 Å². The largest absolute Gasteiger partial charge is 0.495 e. The van der Waals surface area contributed by atoms with E-state index in [9.17, 15) is 4.79 Å². The lowest BCUT2D eigenvalue weighted by atomic mass is 10.1. The van der Waals surface area contributed by atoms with Gasteiger partial charge in [0.25, 0.3) is 0 Å². The number of ether oxygens (including phenoxy) is 2. The number of carbonyl (C=O) groups is 1. The molecule has 3 N–H and O–H groups in total. The highest BCUT2D eigenvalue weighted by molar-refractivity contribution is 6.42. The molecule has 39 heavy (non-hydrogen) atoms. The van der Waals surface area contributed by atoms with Gasteiger partial charge in [0, 0.05) is 6.54 Å². The Morgan fingerprint density at radius 3 is 2.38 bits per heavy atom. The summed E-state index contributed by atoms with van der Waals surface area (Å²) in [5, 5.41) is 11.4. The number of anilines is 3. The molecule has 0 unspecified atom stereocenters. The van der Waals surface area contributed by atoms with E-state index in [1.54, 1.807) is 36.4 Å². The first-order chi connectivity index (χ1) is 19.0. The quantitative estimate of drug-likeness (QED) is 0.181. The summed E-state index contributed by atoms with van der Waals surface area (Å²) in [4.78, 5) is 25.8. The van der Waals surface area contributed by atoms with E-state index in [0.717, 1.165) is 16.3 Å². The molecule has 9 nitrogen and oxygen atoms in total. The lowest BCUT2D eigenvalue weighted by Crippen LogP contribution is -2.22. The number of hydrogen-bond donors (Lipinski definition) is 3. The third-order valence-electron chi connectivity index (χ3n) is 5.56. The molecule has 1 aromatic heterocycles. The first-order valence-electron chi connectivity index (χ1n) is 11.8. The van der Waals surface area contributed by atoms with Crippen LogP contribution in [0.5, 0.6) is 17.5 Å². The van der Waals surface area contributed by atoms with E-state index in [1.807, 2.05) is 48.5 Å². The summed E-state index contributed by atoms with van der Waals surface area (Å²) >= 11 is 12.2. The molecule has 0 saturated heterocycles. The first kappa shape index (κ1) is 26.0. The lowest BCUT2D eigenvalue weighted by Gasteiger charge is -2.12. The molecule has 4 aromatic carbocycles. The fraction of sp³-hybridized carbons (Fsp3) is 0.0714. The third-order valence-corrected chi connectivity index (χ3v) is 6.30. The highest BCUT2D eigenvalue weighted by Gasteiger charge is 2.14. The minimum atomic E-state index is -0.571. The van der Waals surface area contributed by atoms with Crippen molar-refractivity contribution in [2.75, 3.05) is 23.1 Å². The van der Waals surface area contributed by atoms with Crippen molar-refractivity contribution in [3.63, 3.8) is 0 Å². The van der Waals surface area contributed by atoms with Crippen molar-refractivity contribution in [1.29, 1.82) is 0 Å². The highest BCUT2D eigenvalue weighted by atomic mass is 35.5. The Balaban J connectivity index is 1.39. The number of aromatic nitrogens is 3. The van der Waals surface area contributed by atoms with Crippen LogP contribution in [0.4, 0.5) is 22.4 Å². The van der Waals surface area contributed by atoms with Crippen LogP contribution in [-0.4, -0.2) is 28.1 Å². The molecule has 0 aliphatic rings. The van der Waals surface area contributed by atoms with Crippen molar-refractivity contribution < 1.29 is 14.3 Å². The topological polar surface area (TPSA) is 110 Å². The number of urea groups is 1. The second-order valence-electron chi connectivity index (χ2n) is 8.26. The Labute approximate surface area is 234 Å². The minimum Gasteiger partial charge on any atom is -0.495 e. The maximum atomic E-state index is 12.8. The van der Waals surface area contributed by atoms with Crippen molar-refractivity contribution in [2.24, 2.45) is 0 Å². The predicted octanol–water partition coefficient (Wildman–Crippen LogP) is 7.39. The number of methoxy groups -OCH3 is 1. The van der Waals surface area contributed by atoms with Gasteiger partial charge >= 0.3 is 12.0 Å². The molecule has 0 bridgehead atoms. The van der Waals surface area contributed by atoms with Crippen LogP contribution in [-0.2, 0) is 6.54 Å². The fourth-order valence-corrected chi connectivity index (χ4v) is 4.03. The number of benzene rings is 4. The summed E-state index contributed by atoms with van der Waals surface area (Å²) < 4.78 is 11.2. The Hall–Kier alpha value is -4.60. The van der Waals surface area contributed by atoms with Crippen LogP contribution in [0.15, 0.2) is 84.9 Å². The standard InChI is InChI=1S/C28H22Cl2N6O3/c1-38-24-9-5-4-8-23(24)32-27(37)34-26-33-25(31-16-17-10-13-21(29)22(30)14-17)35-28(36-26)39-20-12-11-18-6-2-3-7-19(18)15-20/h2-15H,16H2,1H3,(H3,31,32,33,34,35,36,37). The average molecular weight is 561 g/mol. The highest BCUT2D eigenvalue weighted by Crippen LogP contribution is 2.27. The van der Waals surface area contributed by atoms with Gasteiger partial charge in [0.15, 0.2) is 0 Å². The van der Waals surface area contributed by atoms with Crippen molar-refractivity contribution in [3.8, 4) is 17.5 Å². The molecule has 0 aliphatic heterocycles. The molecular formula is C28H22Cl2N6O3. The van der Waals surface area contributed by atoms with Gasteiger partial charge in [-0.3, -0.25) is 5.32 Å². The van der Waals surface area contributed by atoms with Gasteiger partial charge in [-0.25, -0.2) is 4.79 Å². The van der Waals surface area contributed by atoms with Crippen LogP contribution in [0.3, 0.4) is 0 Å². The predicted molar refractivity (Wildman–Crippen MR) is 153 cm³/mol. The summed E-state index contributed by atoms with van der Waals surface area (Å²) in [5.41, 5.74) is 1.34. The maximum absolute atomic E-state index is 12.8. The molecule has 0 saturated carbocycles. The summed E-state index contributed by atoms with van der Waals surface area (Å²) in [5.74, 6) is 1.19. The third kappa shape index (κ3) is 6.64. The zero-order valence-electron chi connectivity index (χ0n) is 20.6. The number of nitrogens with zero attached hydrogens (tertiary/aromatic N) is 3. The molecule has 196 valence electrons. The maximum Gasteiger partial charge on any atom is 0.328 e. The fourth-order valence-electron chi connectivity index (χ4n) is 3.71. The average Bonchev–Trinajstić information content (AvgIpc) is 2.94. The zero-order valence-corrected chi connectivity index (χ0v) is 22.1. The van der Waals surface area contributed by atoms with E-state index in [-0.39, 0.29) is 17.9 Å². The molecule has 0 atom stereocenters. The van der Waals surface area contributed by atoms with Gasteiger partial charge in [0.05, 0.1) is 22.8 Å². The van der Waals surface area contributed by atoms with Crippen LogP contribution in [0.2, 0.25) is 10.0 Å². The number of halogens is 2. The smallest absolute Gasteiger partial charge is 0.328 e. The van der Waals surface area contributed by atoms with Crippen LogP contribution < -0.4 is 25.4 Å². The summed E-state index contributed by atoms with van der Waals surface area (Å²) in [6, 6.07) is 25.3. The van der Waals surface area contributed by atoms with Crippen molar-refractivity contribution in [3.05, 3.63) is 101 Å². The van der Waals surface area contributed by atoms with Crippen LogP contribution >= 0.6 is 23.2 Å². The molecule has 0 spiro atoms. The summed E-state index contributed by atoms with van der Waals surface area (Å²) in [7, 11) is 1.52. The normalized spacial score (nSPS) is 10.6. The van der Waals surface area contributed by atoms with Crippen LogP contribution in [0.1, 0.15) is 5.56 Å². The number of nitrogens with one attached hydrogen (secondary N) is 3. The minimum absolute atomic E-state index is 0.00971. The van der Waals surface area contributed by atoms with E-state index in [0.29, 0.717) is 33.8 Å². The Morgan fingerprint density at radius 2 is 1.56 bits per heavy atom. The van der Waals surface area contributed by atoms with Crippen LogP contribution in [0, 0.1) is 0 Å².